The summed E-state index contributed by atoms with van der Waals surface area (Å²) < 4.78 is 27.0. The van der Waals surface area contributed by atoms with Gasteiger partial charge in [-0.2, -0.15) is 0 Å². The first kappa shape index (κ1) is 23.2. The Bertz CT molecular complexity index is 998. The number of anilines is 2. The first-order chi connectivity index (χ1) is 16.0. The molecule has 0 saturated heterocycles. The highest BCUT2D eigenvalue weighted by Gasteiger charge is 2.23. The van der Waals surface area contributed by atoms with Crippen molar-refractivity contribution in [3.8, 4) is 0 Å². The number of Topliss-reactive ketones (excluding diaryl/α,β-unsaturated/α-hetero) is 1. The highest BCUT2D eigenvalue weighted by atomic mass is 19.1. The minimum Gasteiger partial charge on any atom is -0.393 e. The molecule has 4 rings (SSSR count). The molecule has 0 atom stereocenters. The Morgan fingerprint density at radius 1 is 1.12 bits per heavy atom. The predicted octanol–water partition coefficient (Wildman–Crippen LogP) is 4.54. The van der Waals surface area contributed by atoms with E-state index in [0.717, 1.165) is 50.3 Å². The maximum atomic E-state index is 13.9. The van der Waals surface area contributed by atoms with Gasteiger partial charge in [-0.25, -0.2) is 23.7 Å². The van der Waals surface area contributed by atoms with Gasteiger partial charge in [0.15, 0.2) is 0 Å². The lowest BCUT2D eigenvalue weighted by molar-refractivity contribution is -0.120. The number of hydrogen-bond acceptors (Lipinski definition) is 6. The maximum absolute atomic E-state index is 13.9. The van der Waals surface area contributed by atoms with E-state index in [4.69, 9.17) is 4.98 Å². The van der Waals surface area contributed by atoms with Crippen LogP contribution in [-0.2, 0) is 11.2 Å². The summed E-state index contributed by atoms with van der Waals surface area (Å²) in [5.41, 5.74) is 1.47. The molecule has 2 fully saturated rings. The molecule has 0 aliphatic heterocycles. The first-order valence-electron chi connectivity index (χ1n) is 11.5. The number of benzene rings is 1. The quantitative estimate of drug-likeness (QED) is 0.417. The third-order valence-corrected chi connectivity index (χ3v) is 6.38. The van der Waals surface area contributed by atoms with E-state index in [1.54, 1.807) is 6.20 Å². The molecule has 2 aromatic rings. The monoisotopic (exact) mass is 457 g/mol. The first-order valence-corrected chi connectivity index (χ1v) is 11.5. The van der Waals surface area contributed by atoms with Gasteiger partial charge >= 0.3 is 0 Å². The average molecular weight is 458 g/mol. The molecule has 176 valence electrons. The van der Waals surface area contributed by atoms with E-state index in [2.05, 4.69) is 20.6 Å². The van der Waals surface area contributed by atoms with Crippen LogP contribution < -0.4 is 10.6 Å². The largest absolute Gasteiger partial charge is 0.393 e. The molecule has 2 saturated carbocycles. The van der Waals surface area contributed by atoms with Crippen molar-refractivity contribution in [2.24, 2.45) is 10.9 Å². The molecule has 3 N–H and O–H groups in total. The van der Waals surface area contributed by atoms with Crippen molar-refractivity contribution in [2.75, 3.05) is 10.6 Å². The van der Waals surface area contributed by atoms with Gasteiger partial charge in [0.1, 0.15) is 23.1 Å². The van der Waals surface area contributed by atoms with Gasteiger partial charge in [0.05, 0.1) is 30.0 Å². The Balaban J connectivity index is 1.49. The number of carbonyl (C=O) groups is 1. The van der Waals surface area contributed by atoms with Crippen LogP contribution in [0.3, 0.4) is 0 Å². The second-order valence-corrected chi connectivity index (χ2v) is 8.89. The molecule has 0 amide bonds. The smallest absolute Gasteiger partial charge is 0.223 e. The minimum atomic E-state index is -0.704. The third-order valence-electron chi connectivity index (χ3n) is 6.38. The Morgan fingerprint density at radius 3 is 2.61 bits per heavy atom. The number of hydrogen-bond donors (Lipinski definition) is 3. The number of halogens is 2. The zero-order valence-electron chi connectivity index (χ0n) is 18.4. The lowest BCUT2D eigenvalue weighted by Crippen LogP contribution is -2.27. The molecule has 1 aromatic carbocycles. The van der Waals surface area contributed by atoms with Gasteiger partial charge in [0, 0.05) is 24.9 Å². The summed E-state index contributed by atoms with van der Waals surface area (Å²) in [7, 11) is 0. The molecule has 1 heterocycles. The van der Waals surface area contributed by atoms with Crippen LogP contribution >= 0.6 is 0 Å². The molecule has 2 aliphatic rings. The van der Waals surface area contributed by atoms with E-state index in [-0.39, 0.29) is 17.8 Å². The minimum absolute atomic E-state index is 0.119. The van der Waals surface area contributed by atoms with Gasteiger partial charge in [0.25, 0.3) is 0 Å². The van der Waals surface area contributed by atoms with Crippen molar-refractivity contribution in [1.82, 2.24) is 9.97 Å². The molecular formula is C24H29F2N5O2. The summed E-state index contributed by atoms with van der Waals surface area (Å²) >= 11 is 0. The Morgan fingerprint density at radius 2 is 1.88 bits per heavy atom. The topological polar surface area (TPSA) is 99.5 Å². The second kappa shape index (κ2) is 10.8. The number of aliphatic hydroxyl groups excluding tert-OH is 1. The summed E-state index contributed by atoms with van der Waals surface area (Å²) in [6, 6.07) is 3.45. The van der Waals surface area contributed by atoms with Gasteiger partial charge in [-0.15, -0.1) is 0 Å². The van der Waals surface area contributed by atoms with Crippen LogP contribution in [0.2, 0.25) is 0 Å². The van der Waals surface area contributed by atoms with Crippen LogP contribution in [0.15, 0.2) is 29.4 Å². The number of rotatable bonds is 7. The van der Waals surface area contributed by atoms with Gasteiger partial charge in [-0.05, 0) is 63.0 Å². The summed E-state index contributed by atoms with van der Waals surface area (Å²) in [5, 5.41) is 15.9. The zero-order chi connectivity index (χ0) is 23.2. The summed E-state index contributed by atoms with van der Waals surface area (Å²) in [4.78, 5) is 25.0. The molecular weight excluding hydrogens is 428 g/mol. The molecule has 0 radical (unpaired) electrons. The fourth-order valence-corrected chi connectivity index (χ4v) is 4.41. The Hall–Kier alpha value is -2.94. The highest BCUT2D eigenvalue weighted by molar-refractivity contribution is 5.79. The normalized spacial score (nSPS) is 22.0. The fourth-order valence-electron chi connectivity index (χ4n) is 4.41. The number of aliphatic hydroxyl groups is 1. The number of nitrogens with zero attached hydrogens (tertiary/aromatic N) is 3. The second-order valence-electron chi connectivity index (χ2n) is 8.89. The molecule has 0 bridgehead atoms. The van der Waals surface area contributed by atoms with Crippen LogP contribution in [0.5, 0.6) is 0 Å². The molecule has 2 aliphatic carbocycles. The molecule has 0 spiro atoms. The summed E-state index contributed by atoms with van der Waals surface area (Å²) in [5.74, 6) is -0.154. The van der Waals surface area contributed by atoms with Crippen molar-refractivity contribution in [3.05, 3.63) is 41.7 Å². The number of carbonyl (C=O) groups excluding carboxylic acids is 1. The lowest BCUT2D eigenvalue weighted by atomic mass is 9.84. The zero-order valence-corrected chi connectivity index (χ0v) is 18.4. The fraction of sp³-hybridized carbons (Fsp3) is 0.500. The van der Waals surface area contributed by atoms with Crippen molar-refractivity contribution in [2.45, 2.75) is 69.9 Å². The molecule has 33 heavy (non-hydrogen) atoms. The number of aromatic nitrogens is 2. The van der Waals surface area contributed by atoms with E-state index < -0.39 is 11.6 Å². The SMILES string of the molecule is O=C1CCC(Nc2ncc(/N=C/Nc3ccc(F)cc3F)c(C[C@H]3CC[C@@H](O)CC3)n2)CC1. The van der Waals surface area contributed by atoms with Crippen LogP contribution in [0.25, 0.3) is 0 Å². The van der Waals surface area contributed by atoms with Crippen LogP contribution in [0.1, 0.15) is 57.1 Å². The van der Waals surface area contributed by atoms with Crippen molar-refractivity contribution >= 4 is 29.4 Å². The van der Waals surface area contributed by atoms with E-state index >= 15 is 0 Å². The molecule has 7 nitrogen and oxygen atoms in total. The van der Waals surface area contributed by atoms with E-state index in [9.17, 15) is 18.7 Å². The van der Waals surface area contributed by atoms with Gasteiger partial charge in [0.2, 0.25) is 5.95 Å². The van der Waals surface area contributed by atoms with Gasteiger partial charge in [-0.1, -0.05) is 0 Å². The van der Waals surface area contributed by atoms with Crippen LogP contribution in [0, 0.1) is 17.6 Å². The Kier molecular flexibility index (Phi) is 7.59. The molecule has 9 heteroatoms. The average Bonchev–Trinajstić information content (AvgIpc) is 2.80. The van der Waals surface area contributed by atoms with Gasteiger partial charge in [-0.3, -0.25) is 4.79 Å². The lowest BCUT2D eigenvalue weighted by Gasteiger charge is -2.26. The van der Waals surface area contributed by atoms with Gasteiger partial charge < -0.3 is 15.7 Å². The number of nitrogens with one attached hydrogen (secondary N) is 2. The summed E-state index contributed by atoms with van der Waals surface area (Å²) in [6.07, 6.45) is 9.53. The van der Waals surface area contributed by atoms with E-state index in [1.165, 1.54) is 18.5 Å². The number of aliphatic imine (C=N–C) groups is 1. The van der Waals surface area contributed by atoms with Crippen molar-refractivity contribution in [1.29, 1.82) is 0 Å². The maximum Gasteiger partial charge on any atom is 0.223 e. The van der Waals surface area contributed by atoms with Crippen LogP contribution in [-0.4, -0.2) is 39.3 Å². The third kappa shape index (κ3) is 6.54. The van der Waals surface area contributed by atoms with Crippen molar-refractivity contribution < 1.29 is 18.7 Å². The van der Waals surface area contributed by atoms with E-state index in [0.29, 0.717) is 42.6 Å². The molecule has 1 aromatic heterocycles. The Labute approximate surface area is 191 Å². The van der Waals surface area contributed by atoms with E-state index in [1.807, 2.05) is 0 Å². The van der Waals surface area contributed by atoms with Crippen molar-refractivity contribution in [3.63, 3.8) is 0 Å². The van der Waals surface area contributed by atoms with Crippen LogP contribution in [0.4, 0.5) is 26.1 Å². The standard InChI is InChI=1S/C24H29F2N5O2/c25-16-3-10-21(20(26)12-16)28-14-29-23-13-27-24(30-17-4-8-19(33)9-5-17)31-22(23)11-15-1-6-18(32)7-2-15/h3,10,12-15,17-18,32H,1-2,4-9,11H2,(H,28,29)(H,27,30,31)/t15-,18+. The summed E-state index contributed by atoms with van der Waals surface area (Å²) in [6.45, 7) is 0. The number of ketones is 1. The predicted molar refractivity (Wildman–Crippen MR) is 123 cm³/mol. The molecule has 0 unspecified atom stereocenters. The highest BCUT2D eigenvalue weighted by Crippen LogP contribution is 2.30.